The van der Waals surface area contributed by atoms with E-state index in [4.69, 9.17) is 4.65 Å². The van der Waals surface area contributed by atoms with Crippen LogP contribution in [-0.2, 0) is 4.65 Å². The van der Waals surface area contributed by atoms with Crippen LogP contribution in [0.1, 0.15) is 11.3 Å². The molecule has 0 N–H and O–H groups in total. The first kappa shape index (κ1) is 19.6. The van der Waals surface area contributed by atoms with Crippen molar-refractivity contribution in [3.05, 3.63) is 115 Å². The first-order valence-electron chi connectivity index (χ1n) is 9.53. The molecule has 0 aliphatic carbocycles. The molecular weight excluding hydrogens is 379 g/mol. The minimum atomic E-state index is -2.92. The molecule has 5 heteroatoms. The quantitative estimate of drug-likeness (QED) is 0.262. The molecule has 4 rings (SSSR count). The fourth-order valence-electron chi connectivity index (χ4n) is 3.27. The second-order valence-electron chi connectivity index (χ2n) is 6.64. The summed E-state index contributed by atoms with van der Waals surface area (Å²) in [5.74, 6) is 0.0737. The smallest absolute Gasteiger partial charge is 0.505 e. The summed E-state index contributed by atoms with van der Waals surface area (Å²) < 4.78 is 30.8. The molecule has 0 fully saturated rings. The number of rotatable bonds is 6. The summed E-state index contributed by atoms with van der Waals surface area (Å²) in [6.07, 6.45) is 3.32. The van der Waals surface area contributed by atoms with Gasteiger partial charge in [0, 0.05) is 23.4 Å². The zero-order valence-corrected chi connectivity index (χ0v) is 16.1. The van der Waals surface area contributed by atoms with Gasteiger partial charge in [0.25, 0.3) is 0 Å². The van der Waals surface area contributed by atoms with Crippen molar-refractivity contribution in [1.82, 2.24) is 4.98 Å². The largest absolute Gasteiger partial charge is 0.796 e. The molecule has 0 saturated heterocycles. The van der Waals surface area contributed by atoms with Crippen LogP contribution >= 0.6 is 0 Å². The van der Waals surface area contributed by atoms with Crippen LogP contribution in [0, 0.1) is 0 Å². The van der Waals surface area contributed by atoms with Crippen LogP contribution in [-0.4, -0.2) is 12.5 Å². The molecule has 0 radical (unpaired) electrons. The Morgan fingerprint density at radius 1 is 0.733 bits per heavy atom. The molecule has 4 aromatic rings. The van der Waals surface area contributed by atoms with Crippen molar-refractivity contribution in [3.8, 4) is 22.3 Å². The minimum Gasteiger partial charge on any atom is -0.505 e. The standard InChI is InChI=1S/C25H18BF2NO/c27-26(28)30-25(21-14-8-3-9-15-21)17-22-16-23(19-10-4-1-5-11-19)24(18-29-22)20-12-6-2-7-13-20/h1-18H/b25-17-. The first-order valence-corrected chi connectivity index (χ1v) is 9.53. The summed E-state index contributed by atoms with van der Waals surface area (Å²) in [5.41, 5.74) is 5.08. The van der Waals surface area contributed by atoms with Crippen molar-refractivity contribution >= 4 is 19.3 Å². The van der Waals surface area contributed by atoms with Crippen molar-refractivity contribution in [2.75, 3.05) is 0 Å². The van der Waals surface area contributed by atoms with Crippen LogP contribution in [0.15, 0.2) is 103 Å². The molecule has 146 valence electrons. The van der Waals surface area contributed by atoms with Crippen LogP contribution < -0.4 is 0 Å². The molecule has 1 aromatic heterocycles. The molecule has 0 aliphatic rings. The predicted octanol–water partition coefficient (Wildman–Crippen LogP) is 6.85. The summed E-state index contributed by atoms with van der Waals surface area (Å²) in [6, 6.07) is 30.6. The van der Waals surface area contributed by atoms with E-state index < -0.39 is 7.47 Å². The topological polar surface area (TPSA) is 22.1 Å². The first-order chi connectivity index (χ1) is 14.7. The molecule has 2 nitrogen and oxygen atoms in total. The number of pyridine rings is 1. The molecule has 30 heavy (non-hydrogen) atoms. The Bertz CT molecular complexity index is 1130. The Kier molecular flexibility index (Phi) is 5.99. The highest BCUT2D eigenvalue weighted by Crippen LogP contribution is 2.33. The summed E-state index contributed by atoms with van der Waals surface area (Å²) in [4.78, 5) is 4.51. The van der Waals surface area contributed by atoms with Gasteiger partial charge in [-0.05, 0) is 22.8 Å². The molecule has 0 unspecified atom stereocenters. The predicted molar refractivity (Wildman–Crippen MR) is 118 cm³/mol. The van der Waals surface area contributed by atoms with E-state index in [0.29, 0.717) is 11.3 Å². The molecule has 0 aliphatic heterocycles. The van der Waals surface area contributed by atoms with Gasteiger partial charge in [0.15, 0.2) is 0 Å². The zero-order chi connectivity index (χ0) is 20.8. The maximum Gasteiger partial charge on any atom is 0.796 e. The van der Waals surface area contributed by atoms with Crippen LogP contribution in [0.25, 0.3) is 34.1 Å². The summed E-state index contributed by atoms with van der Waals surface area (Å²) in [5, 5.41) is 0. The normalized spacial score (nSPS) is 11.2. The second-order valence-corrected chi connectivity index (χ2v) is 6.64. The minimum absolute atomic E-state index is 0.0737. The molecule has 0 saturated carbocycles. The maximum absolute atomic E-state index is 13.0. The average molecular weight is 397 g/mol. The molecule has 0 bridgehead atoms. The number of aromatic nitrogens is 1. The van der Waals surface area contributed by atoms with E-state index in [1.807, 2.05) is 72.8 Å². The van der Waals surface area contributed by atoms with Gasteiger partial charge in [-0.2, -0.15) is 0 Å². The van der Waals surface area contributed by atoms with Crippen molar-refractivity contribution in [2.45, 2.75) is 0 Å². The SMILES string of the molecule is FB(F)O/C(=C\c1cc(-c2ccccc2)c(-c2ccccc2)cn1)c1ccccc1. The van der Waals surface area contributed by atoms with E-state index in [-0.39, 0.29) is 5.76 Å². The molecule has 0 atom stereocenters. The lowest BCUT2D eigenvalue weighted by atomic mass is 9.95. The van der Waals surface area contributed by atoms with Gasteiger partial charge in [0.2, 0.25) is 0 Å². The van der Waals surface area contributed by atoms with E-state index in [2.05, 4.69) is 4.98 Å². The van der Waals surface area contributed by atoms with Crippen molar-refractivity contribution in [1.29, 1.82) is 0 Å². The van der Waals surface area contributed by atoms with E-state index in [1.54, 1.807) is 36.5 Å². The molecule has 0 amide bonds. The maximum atomic E-state index is 13.0. The van der Waals surface area contributed by atoms with Gasteiger partial charge in [0.1, 0.15) is 5.76 Å². The lowest BCUT2D eigenvalue weighted by Gasteiger charge is -2.12. The number of nitrogens with zero attached hydrogens (tertiary/aromatic N) is 1. The monoisotopic (exact) mass is 397 g/mol. The Morgan fingerprint density at radius 3 is 1.83 bits per heavy atom. The van der Waals surface area contributed by atoms with Crippen molar-refractivity contribution < 1.29 is 13.3 Å². The lowest BCUT2D eigenvalue weighted by molar-refractivity contribution is 0.398. The second kappa shape index (κ2) is 9.18. The Balaban J connectivity index is 1.84. The van der Waals surface area contributed by atoms with Gasteiger partial charge in [-0.25, -0.2) is 8.63 Å². The summed E-state index contributed by atoms with van der Waals surface area (Å²) in [7, 11) is -2.92. The zero-order valence-electron chi connectivity index (χ0n) is 16.1. The Morgan fingerprint density at radius 2 is 1.27 bits per heavy atom. The molecular formula is C25H18BF2NO. The van der Waals surface area contributed by atoms with E-state index >= 15 is 0 Å². The van der Waals surface area contributed by atoms with Crippen LogP contribution in [0.5, 0.6) is 0 Å². The summed E-state index contributed by atoms with van der Waals surface area (Å²) >= 11 is 0. The van der Waals surface area contributed by atoms with Gasteiger partial charge < -0.3 is 4.65 Å². The highest BCUT2D eigenvalue weighted by Gasteiger charge is 2.20. The third-order valence-corrected chi connectivity index (χ3v) is 4.65. The third kappa shape index (κ3) is 4.63. The highest BCUT2D eigenvalue weighted by molar-refractivity contribution is 6.36. The summed E-state index contributed by atoms with van der Waals surface area (Å²) in [6.45, 7) is 0. The number of halogens is 2. The third-order valence-electron chi connectivity index (χ3n) is 4.65. The lowest BCUT2D eigenvalue weighted by Crippen LogP contribution is -2.04. The molecule has 1 heterocycles. The molecule has 0 spiro atoms. The number of hydrogen-bond donors (Lipinski definition) is 0. The Hall–Kier alpha value is -3.73. The van der Waals surface area contributed by atoms with Gasteiger partial charge in [-0.3, -0.25) is 4.98 Å². The van der Waals surface area contributed by atoms with E-state index in [0.717, 1.165) is 22.3 Å². The highest BCUT2D eigenvalue weighted by atomic mass is 19.2. The van der Waals surface area contributed by atoms with Crippen molar-refractivity contribution in [2.24, 2.45) is 0 Å². The van der Waals surface area contributed by atoms with E-state index in [1.165, 1.54) is 0 Å². The number of benzene rings is 3. The van der Waals surface area contributed by atoms with Gasteiger partial charge in [-0.1, -0.05) is 91.0 Å². The van der Waals surface area contributed by atoms with Gasteiger partial charge in [-0.15, -0.1) is 0 Å². The van der Waals surface area contributed by atoms with Crippen molar-refractivity contribution in [3.63, 3.8) is 0 Å². The number of hydrogen-bond acceptors (Lipinski definition) is 2. The molecule has 3 aromatic carbocycles. The van der Waals surface area contributed by atoms with Crippen LogP contribution in [0.2, 0.25) is 0 Å². The van der Waals surface area contributed by atoms with E-state index in [9.17, 15) is 8.63 Å². The fraction of sp³-hybridized carbons (Fsp3) is 0. The van der Waals surface area contributed by atoms with Crippen LogP contribution in [0.4, 0.5) is 8.63 Å². The van der Waals surface area contributed by atoms with Crippen LogP contribution in [0.3, 0.4) is 0 Å². The Labute approximate surface area is 174 Å². The fourth-order valence-corrected chi connectivity index (χ4v) is 3.27. The van der Waals surface area contributed by atoms with Gasteiger partial charge in [0.05, 0.1) is 5.69 Å². The van der Waals surface area contributed by atoms with Gasteiger partial charge >= 0.3 is 7.47 Å². The average Bonchev–Trinajstić information content (AvgIpc) is 2.80.